The SMILES string of the molecule is CCC(OC)c1ncccc1-c1c(CC(C)(C)COC=O)c2cc(-c3cc(O)cc(CCC(=O)CCCCNN)c3)ccc2n1CC. The first-order valence-electron chi connectivity index (χ1n) is 16.6. The number of carbonyl (C=O) groups excluding carboxylic acids is 2. The van der Waals surface area contributed by atoms with E-state index < -0.39 is 0 Å². The van der Waals surface area contributed by atoms with Gasteiger partial charge in [-0.15, -0.1) is 0 Å². The van der Waals surface area contributed by atoms with Crippen molar-refractivity contribution in [3.8, 4) is 28.1 Å². The Morgan fingerprint density at radius 2 is 1.91 bits per heavy atom. The van der Waals surface area contributed by atoms with Gasteiger partial charge in [-0.2, -0.15) is 0 Å². The molecule has 0 spiro atoms. The van der Waals surface area contributed by atoms with Gasteiger partial charge in [0.15, 0.2) is 0 Å². The Morgan fingerprint density at radius 3 is 2.62 bits per heavy atom. The summed E-state index contributed by atoms with van der Waals surface area (Å²) in [5.74, 6) is 5.70. The molecule has 1 unspecified atom stereocenters. The van der Waals surface area contributed by atoms with Crippen LogP contribution >= 0.6 is 0 Å². The number of carbonyl (C=O) groups is 2. The van der Waals surface area contributed by atoms with Gasteiger partial charge in [-0.1, -0.05) is 32.9 Å². The third kappa shape index (κ3) is 8.86. The number of ketones is 1. The van der Waals surface area contributed by atoms with Crippen molar-refractivity contribution >= 4 is 23.2 Å². The van der Waals surface area contributed by atoms with Crippen molar-refractivity contribution < 1.29 is 24.2 Å². The third-order valence-corrected chi connectivity index (χ3v) is 8.77. The summed E-state index contributed by atoms with van der Waals surface area (Å²) in [4.78, 5) is 28.5. The Morgan fingerprint density at radius 1 is 1.11 bits per heavy atom. The zero-order valence-electron chi connectivity index (χ0n) is 28.5. The van der Waals surface area contributed by atoms with E-state index in [1.165, 1.54) is 0 Å². The molecule has 0 aliphatic rings. The standard InChI is InChI=1S/C38H50N4O5/c1-6-35(46-5)36-31(12-10-17-40-36)37-33(23-38(3,4)24-47-25-43)32-22-27(14-16-34(32)42(37)7-2)28-19-26(20-30(45)21-28)13-15-29(44)11-8-9-18-41-39/h10,12,14,16-17,19-22,25,35,41,45H,6-9,11,13,15,18,23-24,39H2,1-5H3. The number of Topliss-reactive ketones (excluding diaryl/α,β-unsaturated/α-hetero) is 1. The average molecular weight is 643 g/mol. The second kappa shape index (κ2) is 16.7. The first kappa shape index (κ1) is 35.8. The number of hydrazine groups is 1. The van der Waals surface area contributed by atoms with Crippen LogP contribution in [0.15, 0.2) is 54.7 Å². The molecule has 4 N–H and O–H groups in total. The number of phenolic OH excluding ortho intramolecular Hbond substituents is 1. The molecule has 0 fully saturated rings. The number of unbranched alkanes of at least 4 members (excludes halogenated alkanes) is 1. The van der Waals surface area contributed by atoms with Crippen molar-refractivity contribution in [3.05, 3.63) is 71.5 Å². The van der Waals surface area contributed by atoms with Gasteiger partial charge >= 0.3 is 0 Å². The molecule has 0 amide bonds. The Bertz CT molecular complexity index is 1660. The van der Waals surface area contributed by atoms with Gasteiger partial charge in [0, 0.05) is 61.1 Å². The van der Waals surface area contributed by atoms with Crippen LogP contribution in [0.5, 0.6) is 5.75 Å². The van der Waals surface area contributed by atoms with Gasteiger partial charge in [0.2, 0.25) is 0 Å². The second-order valence-electron chi connectivity index (χ2n) is 13.0. The van der Waals surface area contributed by atoms with Gasteiger partial charge in [0.1, 0.15) is 11.5 Å². The number of benzene rings is 2. The van der Waals surface area contributed by atoms with E-state index in [0.29, 0.717) is 38.7 Å². The maximum Gasteiger partial charge on any atom is 0.293 e. The van der Waals surface area contributed by atoms with E-state index in [4.69, 9.17) is 20.3 Å². The number of nitrogens with zero attached hydrogens (tertiary/aromatic N) is 2. The fraction of sp³-hybridized carbons (Fsp3) is 0.447. The predicted molar refractivity (Wildman–Crippen MR) is 187 cm³/mol. The number of phenols is 1. The first-order valence-corrected chi connectivity index (χ1v) is 16.6. The molecular weight excluding hydrogens is 592 g/mol. The molecule has 0 bridgehead atoms. The molecule has 9 heteroatoms. The summed E-state index contributed by atoms with van der Waals surface area (Å²) in [5, 5.41) is 11.8. The summed E-state index contributed by atoms with van der Waals surface area (Å²) in [7, 11) is 1.72. The Hall–Kier alpha value is -4.05. The summed E-state index contributed by atoms with van der Waals surface area (Å²) in [6.45, 7) is 10.7. The van der Waals surface area contributed by atoms with E-state index in [2.05, 4.69) is 68.0 Å². The van der Waals surface area contributed by atoms with Crippen LogP contribution in [0.4, 0.5) is 0 Å². The number of ether oxygens (including phenoxy) is 2. The minimum atomic E-state index is -0.349. The normalized spacial score (nSPS) is 12.4. The number of nitrogens with one attached hydrogen (secondary N) is 1. The number of nitrogens with two attached hydrogens (primary N) is 1. The lowest BCUT2D eigenvalue weighted by atomic mass is 9.84. The molecule has 0 aliphatic heterocycles. The van der Waals surface area contributed by atoms with Crippen LogP contribution in [0.1, 0.15) is 82.7 Å². The molecule has 252 valence electrons. The van der Waals surface area contributed by atoms with Crippen molar-refractivity contribution in [2.75, 3.05) is 20.3 Å². The number of hydrogen-bond donors (Lipinski definition) is 3. The number of aryl methyl sites for hydroxylation is 2. The molecule has 0 saturated heterocycles. The lowest BCUT2D eigenvalue weighted by Crippen LogP contribution is -2.22. The van der Waals surface area contributed by atoms with Crippen molar-refractivity contribution in [2.45, 2.75) is 85.3 Å². The summed E-state index contributed by atoms with van der Waals surface area (Å²) in [6.07, 6.45) is 6.26. The molecule has 0 radical (unpaired) electrons. The summed E-state index contributed by atoms with van der Waals surface area (Å²) < 4.78 is 13.5. The summed E-state index contributed by atoms with van der Waals surface area (Å²) in [6, 6.07) is 16.1. The lowest BCUT2D eigenvalue weighted by Gasteiger charge is -2.25. The molecule has 2 heterocycles. The number of rotatable bonds is 19. The monoisotopic (exact) mass is 642 g/mol. The molecule has 47 heavy (non-hydrogen) atoms. The van der Waals surface area contributed by atoms with E-state index in [9.17, 15) is 14.7 Å². The van der Waals surface area contributed by atoms with Gasteiger partial charge in [0.05, 0.1) is 24.1 Å². The number of fused-ring (bicyclic) bond motifs is 1. The molecule has 9 nitrogen and oxygen atoms in total. The number of pyridine rings is 1. The van der Waals surface area contributed by atoms with Gasteiger partial charge in [-0.05, 0) is 97.7 Å². The highest BCUT2D eigenvalue weighted by atomic mass is 16.5. The topological polar surface area (TPSA) is 129 Å². The van der Waals surface area contributed by atoms with Crippen LogP contribution < -0.4 is 11.3 Å². The smallest absolute Gasteiger partial charge is 0.293 e. The van der Waals surface area contributed by atoms with Crippen LogP contribution in [0.25, 0.3) is 33.3 Å². The van der Waals surface area contributed by atoms with Crippen molar-refractivity contribution in [1.82, 2.24) is 15.0 Å². The van der Waals surface area contributed by atoms with Gasteiger partial charge in [0.25, 0.3) is 6.47 Å². The number of aromatic hydroxyl groups is 1. The second-order valence-corrected chi connectivity index (χ2v) is 13.0. The van der Waals surface area contributed by atoms with Crippen LogP contribution in [-0.4, -0.2) is 47.2 Å². The predicted octanol–water partition coefficient (Wildman–Crippen LogP) is 7.07. The zero-order chi connectivity index (χ0) is 34.0. The van der Waals surface area contributed by atoms with Gasteiger partial charge in [-0.25, -0.2) is 0 Å². The molecule has 2 aromatic carbocycles. The van der Waals surface area contributed by atoms with E-state index in [0.717, 1.165) is 75.9 Å². The Kier molecular flexibility index (Phi) is 12.7. The summed E-state index contributed by atoms with van der Waals surface area (Å²) >= 11 is 0. The van der Waals surface area contributed by atoms with Gasteiger partial charge < -0.3 is 19.1 Å². The Balaban J connectivity index is 1.82. The molecule has 0 saturated carbocycles. The third-order valence-electron chi connectivity index (χ3n) is 8.77. The van der Waals surface area contributed by atoms with Crippen molar-refractivity contribution in [1.29, 1.82) is 0 Å². The molecule has 4 aromatic rings. The van der Waals surface area contributed by atoms with Crippen LogP contribution in [0.2, 0.25) is 0 Å². The highest BCUT2D eigenvalue weighted by molar-refractivity contribution is 5.95. The minimum Gasteiger partial charge on any atom is -0.508 e. The number of aromatic nitrogens is 2. The van der Waals surface area contributed by atoms with Crippen LogP contribution in [0, 0.1) is 5.41 Å². The van der Waals surface area contributed by atoms with Crippen LogP contribution in [-0.2, 0) is 38.4 Å². The van der Waals surface area contributed by atoms with E-state index in [1.54, 1.807) is 19.2 Å². The van der Waals surface area contributed by atoms with E-state index >= 15 is 0 Å². The fourth-order valence-electron chi connectivity index (χ4n) is 6.50. The van der Waals surface area contributed by atoms with E-state index in [1.807, 2.05) is 12.3 Å². The fourth-order valence-corrected chi connectivity index (χ4v) is 6.50. The largest absolute Gasteiger partial charge is 0.508 e. The zero-order valence-corrected chi connectivity index (χ0v) is 28.5. The van der Waals surface area contributed by atoms with Crippen molar-refractivity contribution in [2.24, 2.45) is 11.3 Å². The molecule has 0 aliphatic carbocycles. The molecule has 2 aromatic heterocycles. The summed E-state index contributed by atoms with van der Waals surface area (Å²) in [5.41, 5.74) is 10.3. The molecular formula is C38H50N4O5. The van der Waals surface area contributed by atoms with E-state index in [-0.39, 0.29) is 29.7 Å². The van der Waals surface area contributed by atoms with Crippen molar-refractivity contribution in [3.63, 3.8) is 0 Å². The highest BCUT2D eigenvalue weighted by Gasteiger charge is 2.29. The molecule has 4 rings (SSSR count). The quantitative estimate of drug-likeness (QED) is 0.0429. The minimum absolute atomic E-state index is 0.162. The molecule has 1 atom stereocenters. The number of methoxy groups -OCH3 is 1. The average Bonchev–Trinajstić information content (AvgIpc) is 3.37. The van der Waals surface area contributed by atoms with Crippen LogP contribution in [0.3, 0.4) is 0 Å². The lowest BCUT2D eigenvalue weighted by molar-refractivity contribution is -0.131. The number of hydrogen-bond acceptors (Lipinski definition) is 8. The maximum atomic E-state index is 12.5. The Labute approximate surface area is 278 Å². The van der Waals surface area contributed by atoms with Gasteiger partial charge in [-0.3, -0.25) is 25.8 Å². The maximum absolute atomic E-state index is 12.5. The highest BCUT2D eigenvalue weighted by Crippen LogP contribution is 2.42. The first-order chi connectivity index (χ1) is 22.7.